The summed E-state index contributed by atoms with van der Waals surface area (Å²) >= 11 is 0. The molecule has 2 aromatic rings. The molecule has 1 amide bonds. The van der Waals surface area contributed by atoms with E-state index in [-0.39, 0.29) is 36.1 Å². The SMILES string of the molecule is Nc1ncnc2c1C(=O)N(c1ccc(O)c(F)c1)CCO2. The predicted molar refractivity (Wildman–Crippen MR) is 71.7 cm³/mol. The van der Waals surface area contributed by atoms with Crippen LogP contribution in [-0.2, 0) is 0 Å². The van der Waals surface area contributed by atoms with Gasteiger partial charge < -0.3 is 20.5 Å². The Hall–Kier alpha value is -2.90. The third-order valence-corrected chi connectivity index (χ3v) is 3.10. The molecule has 2 heterocycles. The molecule has 108 valence electrons. The Bertz CT molecular complexity index is 723. The monoisotopic (exact) mass is 290 g/mol. The van der Waals surface area contributed by atoms with Crippen LogP contribution in [0.5, 0.6) is 11.6 Å². The van der Waals surface area contributed by atoms with E-state index in [1.54, 1.807) is 0 Å². The average Bonchev–Trinajstić information content (AvgIpc) is 2.62. The number of carbonyl (C=O) groups is 1. The molecule has 1 aromatic carbocycles. The predicted octanol–water partition coefficient (Wildman–Crippen LogP) is 0.943. The van der Waals surface area contributed by atoms with E-state index < -0.39 is 17.5 Å². The molecule has 0 bridgehead atoms. The van der Waals surface area contributed by atoms with Gasteiger partial charge in [0.05, 0.1) is 6.54 Å². The van der Waals surface area contributed by atoms with Gasteiger partial charge in [0.1, 0.15) is 24.3 Å². The van der Waals surface area contributed by atoms with Crippen molar-refractivity contribution in [3.8, 4) is 11.6 Å². The molecule has 0 fully saturated rings. The highest BCUT2D eigenvalue weighted by atomic mass is 19.1. The Morgan fingerprint density at radius 1 is 1.38 bits per heavy atom. The van der Waals surface area contributed by atoms with E-state index in [1.807, 2.05) is 0 Å². The number of amides is 1. The van der Waals surface area contributed by atoms with Gasteiger partial charge in [-0.1, -0.05) is 0 Å². The molecule has 1 aromatic heterocycles. The number of hydrogen-bond acceptors (Lipinski definition) is 6. The van der Waals surface area contributed by atoms with E-state index in [0.29, 0.717) is 0 Å². The molecule has 0 radical (unpaired) electrons. The molecule has 0 atom stereocenters. The van der Waals surface area contributed by atoms with E-state index in [9.17, 15) is 14.3 Å². The second-order valence-corrected chi connectivity index (χ2v) is 4.38. The van der Waals surface area contributed by atoms with Crippen LogP contribution < -0.4 is 15.4 Å². The van der Waals surface area contributed by atoms with Crippen LogP contribution in [-0.4, -0.2) is 34.1 Å². The minimum absolute atomic E-state index is 0.00356. The van der Waals surface area contributed by atoms with E-state index in [0.717, 1.165) is 6.07 Å². The van der Waals surface area contributed by atoms with Crippen molar-refractivity contribution in [2.24, 2.45) is 0 Å². The summed E-state index contributed by atoms with van der Waals surface area (Å²) in [6.45, 7) is 0.372. The van der Waals surface area contributed by atoms with E-state index in [2.05, 4.69) is 9.97 Å². The van der Waals surface area contributed by atoms with Crippen molar-refractivity contribution in [2.75, 3.05) is 23.8 Å². The highest BCUT2D eigenvalue weighted by Gasteiger charge is 2.29. The van der Waals surface area contributed by atoms with E-state index in [1.165, 1.54) is 23.4 Å². The number of aromatic nitrogens is 2. The van der Waals surface area contributed by atoms with E-state index in [4.69, 9.17) is 10.5 Å². The van der Waals surface area contributed by atoms with Crippen molar-refractivity contribution >= 4 is 17.4 Å². The van der Waals surface area contributed by atoms with Crippen LogP contribution in [0.4, 0.5) is 15.9 Å². The van der Waals surface area contributed by atoms with Crippen LogP contribution in [0.15, 0.2) is 24.5 Å². The largest absolute Gasteiger partial charge is 0.505 e. The van der Waals surface area contributed by atoms with Gasteiger partial charge in [-0.2, -0.15) is 0 Å². The summed E-state index contributed by atoms with van der Waals surface area (Å²) in [7, 11) is 0. The molecule has 1 aliphatic heterocycles. The number of carbonyl (C=O) groups excluding carboxylic acids is 1. The topological polar surface area (TPSA) is 102 Å². The standard InChI is InChI=1S/C13H11FN4O3/c14-8-5-7(1-2-9(8)19)18-3-4-21-12-10(13(18)20)11(15)16-6-17-12/h1-2,5-6,19H,3-4H2,(H2,15,16,17). The maximum atomic E-state index is 13.5. The van der Waals surface area contributed by atoms with Gasteiger partial charge in [-0.05, 0) is 12.1 Å². The zero-order chi connectivity index (χ0) is 15.0. The number of anilines is 2. The average molecular weight is 290 g/mol. The summed E-state index contributed by atoms with van der Waals surface area (Å²) in [5.41, 5.74) is 6.03. The first kappa shape index (κ1) is 13.1. The summed E-state index contributed by atoms with van der Waals surface area (Å²) in [4.78, 5) is 21.5. The number of hydrogen-bond donors (Lipinski definition) is 2. The first-order chi connectivity index (χ1) is 10.1. The molecule has 1 aliphatic rings. The molecular formula is C13H11FN4O3. The van der Waals surface area contributed by atoms with Gasteiger partial charge in [0.15, 0.2) is 11.6 Å². The first-order valence-electron chi connectivity index (χ1n) is 6.11. The number of fused-ring (bicyclic) bond motifs is 1. The van der Waals surface area contributed by atoms with Gasteiger partial charge in [0.25, 0.3) is 5.91 Å². The molecule has 0 saturated carbocycles. The Morgan fingerprint density at radius 2 is 2.19 bits per heavy atom. The fourth-order valence-electron chi connectivity index (χ4n) is 2.07. The third kappa shape index (κ3) is 2.20. The van der Waals surface area contributed by atoms with Crippen LogP contribution in [0, 0.1) is 5.82 Å². The lowest BCUT2D eigenvalue weighted by Gasteiger charge is -2.20. The molecule has 0 aliphatic carbocycles. The number of nitrogens with zero attached hydrogens (tertiary/aromatic N) is 3. The van der Waals surface area contributed by atoms with Gasteiger partial charge in [0, 0.05) is 11.8 Å². The number of phenols is 1. The number of benzene rings is 1. The van der Waals surface area contributed by atoms with E-state index >= 15 is 0 Å². The Kier molecular flexibility index (Phi) is 3.05. The lowest BCUT2D eigenvalue weighted by molar-refractivity contribution is 0.0990. The molecule has 3 N–H and O–H groups in total. The fraction of sp³-hybridized carbons (Fsp3) is 0.154. The normalized spacial score (nSPS) is 14.3. The summed E-state index contributed by atoms with van der Waals surface area (Å²) < 4.78 is 18.8. The molecule has 0 unspecified atom stereocenters. The third-order valence-electron chi connectivity index (χ3n) is 3.10. The molecule has 8 heteroatoms. The van der Waals surface area contributed by atoms with Crippen molar-refractivity contribution in [1.29, 1.82) is 0 Å². The van der Waals surface area contributed by atoms with Gasteiger partial charge in [-0.25, -0.2) is 14.4 Å². The number of nitrogens with two attached hydrogens (primary N) is 1. The number of ether oxygens (including phenoxy) is 1. The second kappa shape index (κ2) is 4.89. The molecule has 3 rings (SSSR count). The van der Waals surface area contributed by atoms with Crippen LogP contribution in [0.1, 0.15) is 10.4 Å². The van der Waals surface area contributed by atoms with Crippen LogP contribution in [0.2, 0.25) is 0 Å². The van der Waals surface area contributed by atoms with Crippen molar-refractivity contribution in [3.05, 3.63) is 35.9 Å². The smallest absolute Gasteiger partial charge is 0.267 e. The summed E-state index contributed by atoms with van der Waals surface area (Å²) in [6, 6.07) is 3.68. The maximum absolute atomic E-state index is 13.5. The Morgan fingerprint density at radius 3 is 2.95 bits per heavy atom. The molecular weight excluding hydrogens is 279 g/mol. The van der Waals surface area contributed by atoms with Gasteiger partial charge in [0.2, 0.25) is 5.88 Å². The zero-order valence-electron chi connectivity index (χ0n) is 10.8. The maximum Gasteiger partial charge on any atom is 0.267 e. The highest BCUT2D eigenvalue weighted by molar-refractivity contribution is 6.10. The number of halogens is 1. The van der Waals surface area contributed by atoms with Crippen LogP contribution in [0.3, 0.4) is 0 Å². The quantitative estimate of drug-likeness (QED) is 0.810. The first-order valence-corrected chi connectivity index (χ1v) is 6.11. The number of aromatic hydroxyl groups is 1. The Labute approximate surface area is 118 Å². The van der Waals surface area contributed by atoms with Crippen molar-refractivity contribution in [2.45, 2.75) is 0 Å². The molecule has 0 saturated heterocycles. The zero-order valence-corrected chi connectivity index (χ0v) is 10.8. The summed E-state index contributed by atoms with van der Waals surface area (Å²) in [6.07, 6.45) is 1.21. The number of nitrogen functional groups attached to an aromatic ring is 1. The molecule has 21 heavy (non-hydrogen) atoms. The summed E-state index contributed by atoms with van der Waals surface area (Å²) in [5, 5.41) is 9.22. The van der Waals surface area contributed by atoms with Gasteiger partial charge in [-0.15, -0.1) is 0 Å². The van der Waals surface area contributed by atoms with Gasteiger partial charge in [-0.3, -0.25) is 4.79 Å². The van der Waals surface area contributed by atoms with Crippen molar-refractivity contribution in [3.63, 3.8) is 0 Å². The fourth-order valence-corrected chi connectivity index (χ4v) is 2.07. The van der Waals surface area contributed by atoms with Crippen molar-refractivity contribution in [1.82, 2.24) is 9.97 Å². The minimum atomic E-state index is -0.817. The highest BCUT2D eigenvalue weighted by Crippen LogP contribution is 2.29. The lowest BCUT2D eigenvalue weighted by Crippen LogP contribution is -2.32. The number of rotatable bonds is 1. The second-order valence-electron chi connectivity index (χ2n) is 4.38. The van der Waals surface area contributed by atoms with Crippen molar-refractivity contribution < 1.29 is 19.0 Å². The number of phenolic OH excluding ortho intramolecular Hbond substituents is 1. The summed E-state index contributed by atoms with van der Waals surface area (Å²) in [5.74, 6) is -1.68. The molecule has 0 spiro atoms. The molecule has 7 nitrogen and oxygen atoms in total. The van der Waals surface area contributed by atoms with Crippen LogP contribution >= 0.6 is 0 Å². The Balaban J connectivity index is 2.06. The van der Waals surface area contributed by atoms with Crippen LogP contribution in [0.25, 0.3) is 0 Å². The minimum Gasteiger partial charge on any atom is -0.505 e. The lowest BCUT2D eigenvalue weighted by atomic mass is 10.2. The van der Waals surface area contributed by atoms with Gasteiger partial charge >= 0.3 is 0 Å².